The Morgan fingerprint density at radius 2 is 2.14 bits per heavy atom. The monoisotopic (exact) mass is 214 g/mol. The van der Waals surface area contributed by atoms with Crippen LogP contribution in [0.2, 0.25) is 5.02 Å². The summed E-state index contributed by atoms with van der Waals surface area (Å²) in [5.41, 5.74) is 0.603. The summed E-state index contributed by atoms with van der Waals surface area (Å²) >= 11 is 5.87. The number of carbonyl (C=O) groups is 1. The Labute approximate surface area is 87.1 Å². The normalized spacial score (nSPS) is 10.0. The topological polar surface area (TPSA) is 53.4 Å². The molecule has 0 saturated heterocycles. The number of aromatic carboxylic acids is 1. The fraction of sp³-hybridized carbons (Fsp3) is 0.333. The van der Waals surface area contributed by atoms with Crippen molar-refractivity contribution in [3.05, 3.63) is 22.3 Å². The summed E-state index contributed by atoms with van der Waals surface area (Å²) in [7, 11) is 3.60. The average molecular weight is 215 g/mol. The Morgan fingerprint density at radius 3 is 2.57 bits per heavy atom. The highest BCUT2D eigenvalue weighted by Crippen LogP contribution is 2.24. The van der Waals surface area contributed by atoms with Crippen LogP contribution in [0.4, 0.5) is 5.82 Å². The van der Waals surface area contributed by atoms with Gasteiger partial charge in [-0.15, -0.1) is 0 Å². The Hall–Kier alpha value is -1.29. The molecule has 0 aromatic carbocycles. The van der Waals surface area contributed by atoms with Gasteiger partial charge in [-0.25, -0.2) is 9.78 Å². The quantitative estimate of drug-likeness (QED) is 0.816. The molecule has 5 heteroatoms. The van der Waals surface area contributed by atoms with Crippen LogP contribution in [0.1, 0.15) is 16.1 Å². The first kappa shape index (κ1) is 10.8. The van der Waals surface area contributed by atoms with Crippen LogP contribution in [0.15, 0.2) is 6.07 Å². The molecule has 4 nitrogen and oxygen atoms in total. The molecule has 14 heavy (non-hydrogen) atoms. The second-order valence-corrected chi connectivity index (χ2v) is 3.53. The van der Waals surface area contributed by atoms with E-state index in [1.807, 2.05) is 0 Å². The van der Waals surface area contributed by atoms with Crippen LogP contribution >= 0.6 is 11.6 Å². The van der Waals surface area contributed by atoms with E-state index in [1.54, 1.807) is 25.9 Å². The van der Waals surface area contributed by atoms with Crippen molar-refractivity contribution in [2.75, 3.05) is 19.0 Å². The molecule has 0 unspecified atom stereocenters. The maximum absolute atomic E-state index is 10.7. The zero-order valence-corrected chi connectivity index (χ0v) is 8.96. The summed E-state index contributed by atoms with van der Waals surface area (Å²) in [6, 6.07) is 1.42. The lowest BCUT2D eigenvalue weighted by Crippen LogP contribution is -2.13. The Morgan fingerprint density at radius 1 is 1.57 bits per heavy atom. The molecule has 0 atom stereocenters. The second-order valence-electron chi connectivity index (χ2n) is 3.13. The Kier molecular flexibility index (Phi) is 2.96. The van der Waals surface area contributed by atoms with E-state index in [4.69, 9.17) is 16.7 Å². The smallest absolute Gasteiger partial charge is 0.337 e. The average Bonchev–Trinajstić information content (AvgIpc) is 2.07. The van der Waals surface area contributed by atoms with Crippen molar-refractivity contribution in [3.63, 3.8) is 0 Å². The van der Waals surface area contributed by atoms with Gasteiger partial charge in [0.1, 0.15) is 5.82 Å². The summed E-state index contributed by atoms with van der Waals surface area (Å²) in [6.45, 7) is 1.65. The Balaban J connectivity index is 3.31. The highest BCUT2D eigenvalue weighted by atomic mass is 35.5. The third-order valence-corrected chi connectivity index (χ3v) is 2.08. The van der Waals surface area contributed by atoms with Gasteiger partial charge in [-0.3, -0.25) is 0 Å². The van der Waals surface area contributed by atoms with Gasteiger partial charge in [0.25, 0.3) is 0 Å². The minimum absolute atomic E-state index is 0.139. The van der Waals surface area contributed by atoms with E-state index in [9.17, 15) is 4.79 Å². The molecule has 0 radical (unpaired) electrons. The number of aryl methyl sites for hydroxylation is 1. The molecule has 1 aromatic rings. The van der Waals surface area contributed by atoms with Crippen molar-refractivity contribution in [1.82, 2.24) is 4.98 Å². The summed E-state index contributed by atoms with van der Waals surface area (Å²) < 4.78 is 0. The van der Waals surface area contributed by atoms with Gasteiger partial charge >= 0.3 is 5.97 Å². The molecule has 1 heterocycles. The fourth-order valence-corrected chi connectivity index (χ4v) is 1.42. The molecular weight excluding hydrogens is 204 g/mol. The van der Waals surface area contributed by atoms with Crippen molar-refractivity contribution < 1.29 is 9.90 Å². The number of hydrogen-bond acceptors (Lipinski definition) is 3. The summed E-state index contributed by atoms with van der Waals surface area (Å²) in [6.07, 6.45) is 0. The van der Waals surface area contributed by atoms with E-state index in [-0.39, 0.29) is 5.56 Å². The number of carboxylic acids is 1. The molecule has 1 N–H and O–H groups in total. The fourth-order valence-electron chi connectivity index (χ4n) is 1.10. The molecule has 0 aliphatic rings. The van der Waals surface area contributed by atoms with Gasteiger partial charge in [0, 0.05) is 14.1 Å². The predicted molar refractivity (Wildman–Crippen MR) is 55.3 cm³/mol. The lowest BCUT2D eigenvalue weighted by Gasteiger charge is -2.14. The SMILES string of the molecule is Cc1nc(N(C)C)c(Cl)cc1C(=O)O. The third-order valence-electron chi connectivity index (χ3n) is 1.80. The van der Waals surface area contributed by atoms with Gasteiger partial charge in [-0.1, -0.05) is 11.6 Å². The molecule has 0 fully saturated rings. The van der Waals surface area contributed by atoms with E-state index in [0.717, 1.165) is 0 Å². The molecule has 1 aromatic heterocycles. The van der Waals surface area contributed by atoms with Gasteiger partial charge in [0.2, 0.25) is 0 Å². The number of carboxylic acid groups (broad SMARTS) is 1. The van der Waals surface area contributed by atoms with E-state index in [2.05, 4.69) is 4.98 Å². The molecular formula is C9H11ClN2O2. The van der Waals surface area contributed by atoms with Crippen molar-refractivity contribution in [1.29, 1.82) is 0 Å². The van der Waals surface area contributed by atoms with E-state index in [0.29, 0.717) is 16.5 Å². The first-order chi connectivity index (χ1) is 6.43. The van der Waals surface area contributed by atoms with Gasteiger partial charge in [0.05, 0.1) is 16.3 Å². The molecule has 0 saturated carbocycles. The van der Waals surface area contributed by atoms with E-state index < -0.39 is 5.97 Å². The van der Waals surface area contributed by atoms with Crippen molar-refractivity contribution >= 4 is 23.4 Å². The van der Waals surface area contributed by atoms with Crippen molar-refractivity contribution in [3.8, 4) is 0 Å². The Bertz CT molecular complexity index is 377. The van der Waals surface area contributed by atoms with Crippen LogP contribution < -0.4 is 4.90 Å². The van der Waals surface area contributed by atoms with Crippen LogP contribution in [0, 0.1) is 6.92 Å². The number of rotatable bonds is 2. The maximum Gasteiger partial charge on any atom is 0.337 e. The number of aromatic nitrogens is 1. The van der Waals surface area contributed by atoms with E-state index >= 15 is 0 Å². The molecule has 0 bridgehead atoms. The third kappa shape index (κ3) is 1.96. The molecule has 0 spiro atoms. The maximum atomic E-state index is 10.7. The second kappa shape index (κ2) is 3.84. The van der Waals surface area contributed by atoms with Gasteiger partial charge in [-0.05, 0) is 13.0 Å². The van der Waals surface area contributed by atoms with E-state index in [1.165, 1.54) is 6.07 Å². The molecule has 1 rings (SSSR count). The lowest BCUT2D eigenvalue weighted by atomic mass is 10.2. The van der Waals surface area contributed by atoms with Gasteiger partial charge < -0.3 is 10.0 Å². The molecule has 0 amide bonds. The number of anilines is 1. The van der Waals surface area contributed by atoms with Gasteiger partial charge in [-0.2, -0.15) is 0 Å². The number of nitrogens with zero attached hydrogens (tertiary/aromatic N) is 2. The first-order valence-electron chi connectivity index (χ1n) is 4.01. The van der Waals surface area contributed by atoms with Crippen LogP contribution in [0.25, 0.3) is 0 Å². The zero-order valence-electron chi connectivity index (χ0n) is 8.21. The highest BCUT2D eigenvalue weighted by molar-refractivity contribution is 6.33. The zero-order chi connectivity index (χ0) is 10.9. The van der Waals surface area contributed by atoms with Crippen molar-refractivity contribution in [2.45, 2.75) is 6.92 Å². The standard InChI is InChI=1S/C9H11ClN2O2/c1-5-6(9(13)14)4-7(10)8(11-5)12(2)3/h4H,1-3H3,(H,13,14). The first-order valence-corrected chi connectivity index (χ1v) is 4.39. The highest BCUT2D eigenvalue weighted by Gasteiger charge is 2.13. The van der Waals surface area contributed by atoms with Crippen LogP contribution in [-0.2, 0) is 0 Å². The number of hydrogen-bond donors (Lipinski definition) is 1. The predicted octanol–water partition coefficient (Wildman–Crippen LogP) is 1.81. The number of pyridine rings is 1. The largest absolute Gasteiger partial charge is 0.478 e. The summed E-state index contributed by atoms with van der Waals surface area (Å²) in [5.74, 6) is -0.434. The summed E-state index contributed by atoms with van der Waals surface area (Å²) in [4.78, 5) is 16.6. The molecule has 0 aliphatic carbocycles. The minimum atomic E-state index is -1.01. The van der Waals surface area contributed by atoms with Crippen LogP contribution in [0.3, 0.4) is 0 Å². The lowest BCUT2D eigenvalue weighted by molar-refractivity contribution is 0.0695. The minimum Gasteiger partial charge on any atom is -0.478 e. The number of halogens is 1. The van der Waals surface area contributed by atoms with Crippen LogP contribution in [0.5, 0.6) is 0 Å². The van der Waals surface area contributed by atoms with Gasteiger partial charge in [0.15, 0.2) is 0 Å². The summed E-state index contributed by atoms with van der Waals surface area (Å²) in [5, 5.41) is 9.15. The van der Waals surface area contributed by atoms with Crippen molar-refractivity contribution in [2.24, 2.45) is 0 Å². The molecule has 76 valence electrons. The molecule has 0 aliphatic heterocycles. The van der Waals surface area contributed by atoms with Crippen LogP contribution in [-0.4, -0.2) is 30.2 Å².